The van der Waals surface area contributed by atoms with Crippen molar-refractivity contribution in [3.63, 3.8) is 0 Å². The number of nitrogens with zero attached hydrogens (tertiary/aromatic N) is 1. The van der Waals surface area contributed by atoms with E-state index in [-0.39, 0.29) is 0 Å². The third kappa shape index (κ3) is 3.17. The lowest BCUT2D eigenvalue weighted by Gasteiger charge is -1.99. The number of hydrogen-bond donors (Lipinski definition) is 1. The highest BCUT2D eigenvalue weighted by Crippen LogP contribution is 2.29. The van der Waals surface area contributed by atoms with E-state index in [1.807, 2.05) is 30.3 Å². The molecule has 0 bridgehead atoms. The molecule has 0 spiro atoms. The van der Waals surface area contributed by atoms with Crippen molar-refractivity contribution < 1.29 is 14.4 Å². The lowest BCUT2D eigenvalue weighted by Crippen LogP contribution is -2.09. The second kappa shape index (κ2) is 6.42. The molecule has 2 aromatic rings. The van der Waals surface area contributed by atoms with E-state index < -0.39 is 5.97 Å². The van der Waals surface area contributed by atoms with Crippen LogP contribution in [0.1, 0.15) is 14.7 Å². The lowest BCUT2D eigenvalue weighted by molar-refractivity contribution is 0.0510. The Morgan fingerprint density at radius 3 is 2.74 bits per heavy atom. The van der Waals surface area contributed by atoms with Gasteiger partial charge in [0.1, 0.15) is 4.88 Å². The van der Waals surface area contributed by atoms with Crippen molar-refractivity contribution in [1.29, 1.82) is 0 Å². The normalized spacial score (nSPS) is 10.4. The Bertz CT molecular complexity index is 554. The first-order valence-electron chi connectivity index (χ1n) is 5.71. The first-order chi connectivity index (χ1) is 9.26. The van der Waals surface area contributed by atoms with E-state index in [1.165, 1.54) is 11.3 Å². The minimum absolute atomic E-state index is 0.416. The van der Waals surface area contributed by atoms with E-state index >= 15 is 0 Å². The van der Waals surface area contributed by atoms with Crippen molar-refractivity contribution >= 4 is 17.3 Å². The zero-order valence-electron chi connectivity index (χ0n) is 10.5. The van der Waals surface area contributed by atoms with Gasteiger partial charge in [-0.05, 0) is 0 Å². The average molecular weight is 278 g/mol. The number of thiazole rings is 1. The molecule has 19 heavy (non-hydrogen) atoms. The van der Waals surface area contributed by atoms with E-state index in [0.29, 0.717) is 23.6 Å². The van der Waals surface area contributed by atoms with E-state index in [1.54, 1.807) is 7.11 Å². The Hall–Kier alpha value is -1.76. The number of benzene rings is 1. The van der Waals surface area contributed by atoms with Gasteiger partial charge in [-0.25, -0.2) is 9.78 Å². The third-order valence-corrected chi connectivity index (χ3v) is 3.63. The summed E-state index contributed by atoms with van der Waals surface area (Å²) in [5.74, 6) is 4.40. The summed E-state index contributed by atoms with van der Waals surface area (Å²) < 4.78 is 5.01. The number of hydrogen-bond acceptors (Lipinski definition) is 6. The van der Waals surface area contributed by atoms with Gasteiger partial charge in [0.25, 0.3) is 0 Å². The number of carbonyl (C=O) groups is 1. The van der Waals surface area contributed by atoms with Crippen LogP contribution in [0.2, 0.25) is 0 Å². The standard InChI is InChI=1S/C13H14N2O3S/c1-17-8-7-10-15-11(9-5-3-2-4-6-9)12(19-10)13(16)18-14/h2-6H,7-8,14H2,1H3. The first-order valence-corrected chi connectivity index (χ1v) is 6.53. The second-order valence-electron chi connectivity index (χ2n) is 3.80. The van der Waals surface area contributed by atoms with Gasteiger partial charge in [0, 0.05) is 19.1 Å². The molecular weight excluding hydrogens is 264 g/mol. The molecular formula is C13H14N2O3S. The van der Waals surface area contributed by atoms with Crippen LogP contribution in [-0.4, -0.2) is 24.7 Å². The Kier molecular flexibility index (Phi) is 4.62. The lowest BCUT2D eigenvalue weighted by atomic mass is 10.1. The maximum Gasteiger partial charge on any atom is 0.369 e. The molecule has 0 fully saturated rings. The summed E-state index contributed by atoms with van der Waals surface area (Å²) in [5, 5.41) is 0.820. The predicted molar refractivity (Wildman–Crippen MR) is 72.7 cm³/mol. The van der Waals surface area contributed by atoms with Gasteiger partial charge in [-0.3, -0.25) is 0 Å². The van der Waals surface area contributed by atoms with Gasteiger partial charge in [0.2, 0.25) is 0 Å². The summed E-state index contributed by atoms with van der Waals surface area (Å²) in [6.45, 7) is 0.554. The zero-order valence-corrected chi connectivity index (χ0v) is 11.3. The summed E-state index contributed by atoms with van der Waals surface area (Å²) in [4.78, 5) is 20.9. The van der Waals surface area contributed by atoms with Gasteiger partial charge in [-0.1, -0.05) is 30.3 Å². The summed E-state index contributed by atoms with van der Waals surface area (Å²) in [7, 11) is 1.63. The van der Waals surface area contributed by atoms with Gasteiger partial charge in [-0.15, -0.1) is 11.3 Å². The molecule has 0 aliphatic rings. The van der Waals surface area contributed by atoms with E-state index in [9.17, 15) is 4.79 Å². The summed E-state index contributed by atoms with van der Waals surface area (Å²) >= 11 is 1.28. The highest BCUT2D eigenvalue weighted by molar-refractivity contribution is 7.14. The molecule has 1 aromatic heterocycles. The molecule has 5 nitrogen and oxygen atoms in total. The van der Waals surface area contributed by atoms with Crippen molar-refractivity contribution in [2.45, 2.75) is 6.42 Å². The minimum atomic E-state index is -0.569. The topological polar surface area (TPSA) is 74.4 Å². The Balaban J connectivity index is 2.40. The fourth-order valence-corrected chi connectivity index (χ4v) is 2.59. The summed E-state index contributed by atoms with van der Waals surface area (Å²) in [5.41, 5.74) is 1.47. The number of nitrogens with two attached hydrogens (primary N) is 1. The quantitative estimate of drug-likeness (QED) is 0.847. The molecule has 0 unspecified atom stereocenters. The number of ether oxygens (including phenoxy) is 1. The van der Waals surface area contributed by atoms with Crippen LogP contribution in [0, 0.1) is 0 Å². The summed E-state index contributed by atoms with van der Waals surface area (Å²) in [6.07, 6.45) is 0.652. The molecule has 0 saturated heterocycles. The summed E-state index contributed by atoms with van der Waals surface area (Å²) in [6, 6.07) is 9.47. The van der Waals surface area contributed by atoms with Crippen LogP contribution in [0.5, 0.6) is 0 Å². The maximum atomic E-state index is 11.7. The van der Waals surface area contributed by atoms with E-state index in [2.05, 4.69) is 9.82 Å². The Labute approximate surface area is 114 Å². The molecule has 0 atom stereocenters. The molecule has 100 valence electrons. The molecule has 0 aliphatic heterocycles. The molecule has 6 heteroatoms. The van der Waals surface area contributed by atoms with Gasteiger partial charge < -0.3 is 9.57 Å². The van der Waals surface area contributed by atoms with Crippen LogP contribution in [0.4, 0.5) is 0 Å². The van der Waals surface area contributed by atoms with Crippen molar-refractivity contribution in [3.05, 3.63) is 40.2 Å². The van der Waals surface area contributed by atoms with Crippen molar-refractivity contribution in [2.24, 2.45) is 5.90 Å². The van der Waals surface area contributed by atoms with Crippen LogP contribution in [0.15, 0.2) is 30.3 Å². The number of rotatable bonds is 5. The molecule has 2 N–H and O–H groups in total. The third-order valence-electron chi connectivity index (χ3n) is 2.53. The highest BCUT2D eigenvalue weighted by Gasteiger charge is 2.20. The number of aromatic nitrogens is 1. The van der Waals surface area contributed by atoms with E-state index in [4.69, 9.17) is 10.6 Å². The Morgan fingerprint density at radius 2 is 2.11 bits per heavy atom. The smallest absolute Gasteiger partial charge is 0.369 e. The fraction of sp³-hybridized carbons (Fsp3) is 0.231. The molecule has 1 heterocycles. The van der Waals surface area contributed by atoms with Crippen LogP contribution in [0.3, 0.4) is 0 Å². The molecule has 1 aromatic carbocycles. The number of carbonyl (C=O) groups excluding carboxylic acids is 1. The maximum absolute atomic E-state index is 11.7. The van der Waals surface area contributed by atoms with Gasteiger partial charge in [0.05, 0.1) is 17.3 Å². The zero-order chi connectivity index (χ0) is 13.7. The first kappa shape index (κ1) is 13.7. The number of methoxy groups -OCH3 is 1. The Morgan fingerprint density at radius 1 is 1.37 bits per heavy atom. The molecule has 0 saturated carbocycles. The van der Waals surface area contributed by atoms with Crippen molar-refractivity contribution in [3.8, 4) is 11.3 Å². The second-order valence-corrected chi connectivity index (χ2v) is 4.88. The van der Waals surface area contributed by atoms with Crippen LogP contribution in [-0.2, 0) is 16.0 Å². The van der Waals surface area contributed by atoms with Crippen LogP contribution >= 0.6 is 11.3 Å². The fourth-order valence-electron chi connectivity index (χ4n) is 1.64. The minimum Gasteiger partial charge on any atom is -0.384 e. The highest BCUT2D eigenvalue weighted by atomic mass is 32.1. The predicted octanol–water partition coefficient (Wildman–Crippen LogP) is 2.03. The molecule has 2 rings (SSSR count). The van der Waals surface area contributed by atoms with Crippen molar-refractivity contribution in [2.75, 3.05) is 13.7 Å². The van der Waals surface area contributed by atoms with Crippen LogP contribution < -0.4 is 5.90 Å². The average Bonchev–Trinajstić information content (AvgIpc) is 2.89. The van der Waals surface area contributed by atoms with Crippen molar-refractivity contribution in [1.82, 2.24) is 4.98 Å². The van der Waals surface area contributed by atoms with E-state index in [0.717, 1.165) is 10.6 Å². The molecule has 0 aliphatic carbocycles. The van der Waals surface area contributed by atoms with Gasteiger partial charge >= 0.3 is 5.97 Å². The molecule has 0 radical (unpaired) electrons. The van der Waals surface area contributed by atoms with Gasteiger partial charge in [0.15, 0.2) is 0 Å². The SMILES string of the molecule is COCCc1nc(-c2ccccc2)c(C(=O)ON)s1. The molecule has 0 amide bonds. The van der Waals surface area contributed by atoms with Crippen LogP contribution in [0.25, 0.3) is 11.3 Å². The van der Waals surface area contributed by atoms with Gasteiger partial charge in [-0.2, -0.15) is 5.90 Å². The largest absolute Gasteiger partial charge is 0.384 e. The monoisotopic (exact) mass is 278 g/mol.